The van der Waals surface area contributed by atoms with Crippen molar-refractivity contribution >= 4 is 45.7 Å². The molecule has 1 atom stereocenters. The summed E-state index contributed by atoms with van der Waals surface area (Å²) in [5, 5.41) is 3.20. The monoisotopic (exact) mass is 460 g/mol. The maximum absolute atomic E-state index is 11.5. The van der Waals surface area contributed by atoms with Crippen LogP contribution in [0.15, 0.2) is 4.99 Å². The minimum atomic E-state index is -3.00. The second-order valence-electron chi connectivity index (χ2n) is 5.60. The second-order valence-corrected chi connectivity index (χ2v) is 8.07. The first-order valence-electron chi connectivity index (χ1n) is 7.90. The fourth-order valence-corrected chi connectivity index (χ4v) is 3.23. The molecule has 0 aromatic heterocycles. The van der Waals surface area contributed by atoms with Crippen LogP contribution in [0.3, 0.4) is 0 Å². The van der Waals surface area contributed by atoms with E-state index in [1.165, 1.54) is 0 Å². The molecule has 1 unspecified atom stereocenters. The number of primary amides is 1. The molecule has 7 nitrogen and oxygen atoms in total. The summed E-state index contributed by atoms with van der Waals surface area (Å²) in [4.78, 5) is 17.6. The molecule has 9 heteroatoms. The number of carbonyl (C=O) groups excluding carboxylic acids is 1. The number of carbonyl (C=O) groups is 1. The largest absolute Gasteiger partial charge is 0.370 e. The molecule has 23 heavy (non-hydrogen) atoms. The SMILES string of the molecule is CCNC(=NCCS(=O)(=O)CC)N1CCCC(CC(N)=O)C1.I. The van der Waals surface area contributed by atoms with Crippen molar-refractivity contribution in [2.24, 2.45) is 16.6 Å². The quantitative estimate of drug-likeness (QED) is 0.329. The summed E-state index contributed by atoms with van der Waals surface area (Å²) in [6.45, 7) is 6.19. The van der Waals surface area contributed by atoms with Crippen LogP contribution in [-0.4, -0.2) is 62.9 Å². The molecule has 0 radical (unpaired) electrons. The normalized spacial score (nSPS) is 19.1. The number of sulfone groups is 1. The zero-order chi connectivity index (χ0) is 16.6. The van der Waals surface area contributed by atoms with Crippen molar-refractivity contribution in [3.8, 4) is 0 Å². The van der Waals surface area contributed by atoms with Gasteiger partial charge in [0.05, 0.1) is 12.3 Å². The number of amides is 1. The van der Waals surface area contributed by atoms with Gasteiger partial charge in [-0.1, -0.05) is 6.92 Å². The average Bonchev–Trinajstić information content (AvgIpc) is 2.46. The number of halogens is 1. The molecule has 0 aromatic rings. The van der Waals surface area contributed by atoms with Gasteiger partial charge < -0.3 is 16.0 Å². The van der Waals surface area contributed by atoms with Crippen molar-refractivity contribution in [2.75, 3.05) is 37.7 Å². The van der Waals surface area contributed by atoms with Crippen LogP contribution in [0.5, 0.6) is 0 Å². The number of nitrogens with two attached hydrogens (primary N) is 1. The van der Waals surface area contributed by atoms with E-state index in [2.05, 4.69) is 15.2 Å². The molecule has 0 bridgehead atoms. The Hall–Kier alpha value is -0.580. The lowest BCUT2D eigenvalue weighted by Crippen LogP contribution is -2.47. The van der Waals surface area contributed by atoms with Crippen LogP contribution in [0.4, 0.5) is 0 Å². The number of likely N-dealkylation sites (tertiary alicyclic amines) is 1. The minimum Gasteiger partial charge on any atom is -0.370 e. The highest BCUT2D eigenvalue weighted by Gasteiger charge is 2.23. The molecule has 1 heterocycles. The summed E-state index contributed by atoms with van der Waals surface area (Å²) >= 11 is 0. The molecule has 1 fully saturated rings. The molecular weight excluding hydrogens is 431 g/mol. The van der Waals surface area contributed by atoms with Gasteiger partial charge in [0.25, 0.3) is 0 Å². The topological polar surface area (TPSA) is 105 Å². The van der Waals surface area contributed by atoms with E-state index < -0.39 is 9.84 Å². The van der Waals surface area contributed by atoms with Gasteiger partial charge in [0.15, 0.2) is 15.8 Å². The van der Waals surface area contributed by atoms with Crippen LogP contribution in [0.25, 0.3) is 0 Å². The lowest BCUT2D eigenvalue weighted by atomic mass is 9.95. The number of hydrogen-bond acceptors (Lipinski definition) is 4. The van der Waals surface area contributed by atoms with Crippen LogP contribution >= 0.6 is 24.0 Å². The Balaban J connectivity index is 0.00000484. The Labute approximate surface area is 156 Å². The van der Waals surface area contributed by atoms with Gasteiger partial charge in [0, 0.05) is 31.8 Å². The molecule has 0 saturated carbocycles. The van der Waals surface area contributed by atoms with E-state index in [1.54, 1.807) is 6.92 Å². The lowest BCUT2D eigenvalue weighted by molar-refractivity contribution is -0.119. The van der Waals surface area contributed by atoms with Gasteiger partial charge in [-0.2, -0.15) is 0 Å². The molecule has 1 aliphatic heterocycles. The summed E-state index contributed by atoms with van der Waals surface area (Å²) in [7, 11) is -3.00. The van der Waals surface area contributed by atoms with Gasteiger partial charge in [-0.05, 0) is 25.7 Å². The first-order chi connectivity index (χ1) is 10.4. The molecule has 0 aromatic carbocycles. The summed E-state index contributed by atoms with van der Waals surface area (Å²) in [5.74, 6) is 0.903. The summed E-state index contributed by atoms with van der Waals surface area (Å²) < 4.78 is 23.1. The molecule has 3 N–H and O–H groups in total. The minimum absolute atomic E-state index is 0. The Morgan fingerprint density at radius 2 is 2.09 bits per heavy atom. The molecule has 0 aliphatic carbocycles. The summed E-state index contributed by atoms with van der Waals surface area (Å²) in [6, 6.07) is 0. The van der Waals surface area contributed by atoms with Crippen molar-refractivity contribution in [1.29, 1.82) is 0 Å². The molecular formula is C14H29IN4O3S. The van der Waals surface area contributed by atoms with E-state index in [4.69, 9.17) is 5.73 Å². The Bertz CT molecular complexity index is 496. The molecule has 1 aliphatic rings. The van der Waals surface area contributed by atoms with Gasteiger partial charge in [-0.3, -0.25) is 9.79 Å². The van der Waals surface area contributed by atoms with Gasteiger partial charge in [0.1, 0.15) is 0 Å². The predicted octanol–water partition coefficient (Wildman–Crippen LogP) is 0.592. The number of nitrogens with zero attached hydrogens (tertiary/aromatic N) is 2. The summed E-state index contributed by atoms with van der Waals surface area (Å²) in [5.41, 5.74) is 5.28. The highest BCUT2D eigenvalue weighted by molar-refractivity contribution is 14.0. The van der Waals surface area contributed by atoms with Crippen molar-refractivity contribution < 1.29 is 13.2 Å². The van der Waals surface area contributed by atoms with Gasteiger partial charge in [-0.25, -0.2) is 8.42 Å². The molecule has 136 valence electrons. The number of piperidine rings is 1. The molecule has 1 saturated heterocycles. The third-order valence-electron chi connectivity index (χ3n) is 3.75. The van der Waals surface area contributed by atoms with Gasteiger partial charge in [0.2, 0.25) is 5.91 Å². The fourth-order valence-electron chi connectivity index (χ4n) is 2.57. The zero-order valence-corrected chi connectivity index (χ0v) is 17.1. The van der Waals surface area contributed by atoms with Gasteiger partial charge in [-0.15, -0.1) is 24.0 Å². The Morgan fingerprint density at radius 3 is 2.65 bits per heavy atom. The lowest BCUT2D eigenvalue weighted by Gasteiger charge is -2.34. The number of hydrogen-bond donors (Lipinski definition) is 2. The van der Waals surface area contributed by atoms with Crippen LogP contribution in [0.2, 0.25) is 0 Å². The van der Waals surface area contributed by atoms with E-state index in [-0.39, 0.29) is 53.9 Å². The first kappa shape index (κ1) is 22.4. The van der Waals surface area contributed by atoms with E-state index in [9.17, 15) is 13.2 Å². The maximum atomic E-state index is 11.5. The van der Waals surface area contributed by atoms with Crippen LogP contribution in [0, 0.1) is 5.92 Å². The Kier molecular flexibility index (Phi) is 10.8. The van der Waals surface area contributed by atoms with Crippen molar-refractivity contribution in [3.63, 3.8) is 0 Å². The van der Waals surface area contributed by atoms with E-state index in [0.717, 1.165) is 38.4 Å². The van der Waals surface area contributed by atoms with Gasteiger partial charge >= 0.3 is 0 Å². The highest BCUT2D eigenvalue weighted by atomic mass is 127. The van der Waals surface area contributed by atoms with Crippen molar-refractivity contribution in [3.05, 3.63) is 0 Å². The third-order valence-corrected chi connectivity index (χ3v) is 5.43. The van der Waals surface area contributed by atoms with Crippen LogP contribution in [0.1, 0.15) is 33.1 Å². The highest BCUT2D eigenvalue weighted by Crippen LogP contribution is 2.19. The van der Waals surface area contributed by atoms with Crippen molar-refractivity contribution in [2.45, 2.75) is 33.1 Å². The Morgan fingerprint density at radius 1 is 1.39 bits per heavy atom. The van der Waals surface area contributed by atoms with Crippen LogP contribution in [-0.2, 0) is 14.6 Å². The average molecular weight is 460 g/mol. The van der Waals surface area contributed by atoms with E-state index in [1.807, 2.05) is 6.92 Å². The standard InChI is InChI=1S/C14H28N4O3S.HI/c1-3-16-14(17-7-9-22(20,21)4-2)18-8-5-6-12(11-18)10-13(15)19;/h12H,3-11H2,1-2H3,(H2,15,19)(H,16,17);1H. The summed E-state index contributed by atoms with van der Waals surface area (Å²) in [6.07, 6.45) is 2.36. The fraction of sp³-hybridized carbons (Fsp3) is 0.857. The number of rotatable bonds is 7. The van der Waals surface area contributed by atoms with Crippen LogP contribution < -0.4 is 11.1 Å². The van der Waals surface area contributed by atoms with E-state index >= 15 is 0 Å². The zero-order valence-electron chi connectivity index (χ0n) is 14.0. The number of nitrogens with one attached hydrogen (secondary N) is 1. The molecule has 0 spiro atoms. The molecule has 1 amide bonds. The maximum Gasteiger partial charge on any atom is 0.217 e. The second kappa shape index (κ2) is 11.1. The molecule has 1 rings (SSSR count). The number of aliphatic imine (C=N–C) groups is 1. The van der Waals surface area contributed by atoms with Crippen molar-refractivity contribution in [1.82, 2.24) is 10.2 Å². The number of guanidine groups is 1. The first-order valence-corrected chi connectivity index (χ1v) is 9.72. The van der Waals surface area contributed by atoms with E-state index in [0.29, 0.717) is 6.42 Å². The predicted molar refractivity (Wildman–Crippen MR) is 104 cm³/mol. The third kappa shape index (κ3) is 8.73. The smallest absolute Gasteiger partial charge is 0.217 e.